The predicted octanol–water partition coefficient (Wildman–Crippen LogP) is 2.37. The van der Waals surface area contributed by atoms with Gasteiger partial charge in [-0.1, -0.05) is 37.9 Å². The highest BCUT2D eigenvalue weighted by molar-refractivity contribution is 5.81. The third-order valence-corrected chi connectivity index (χ3v) is 10.2. The van der Waals surface area contributed by atoms with Crippen molar-refractivity contribution in [2.24, 2.45) is 29.7 Å². The van der Waals surface area contributed by atoms with E-state index < -0.39 is 0 Å². The Morgan fingerprint density at radius 1 is 1.18 bits per heavy atom. The summed E-state index contributed by atoms with van der Waals surface area (Å²) in [6.07, 6.45) is 13.6. The summed E-state index contributed by atoms with van der Waals surface area (Å²) in [5.74, 6) is 2.34. The zero-order valence-electron chi connectivity index (χ0n) is 21.9. The molecule has 0 N–H and O–H groups in total. The second-order valence-corrected chi connectivity index (χ2v) is 11.9. The quantitative estimate of drug-likeness (QED) is 0.317. The van der Waals surface area contributed by atoms with Crippen LogP contribution in [0.3, 0.4) is 0 Å². The highest BCUT2D eigenvalue weighted by Gasteiger charge is 2.54. The molecule has 5 atom stereocenters. The summed E-state index contributed by atoms with van der Waals surface area (Å²) in [7, 11) is 3.84. The second-order valence-electron chi connectivity index (χ2n) is 11.9. The number of allylic oxidation sites excluding steroid dienone is 1. The first kappa shape index (κ1) is 25.9. The largest absolute Gasteiger partial charge is 1.00 e. The Morgan fingerprint density at radius 2 is 1.94 bits per heavy atom. The molecule has 0 amide bonds. The monoisotopic (exact) mass is 579 g/mol. The zero-order chi connectivity index (χ0) is 23.6. The van der Waals surface area contributed by atoms with Gasteiger partial charge in [0, 0.05) is 6.42 Å². The minimum Gasteiger partial charge on any atom is -1.00 e. The minimum atomic E-state index is -0.129. The summed E-state index contributed by atoms with van der Waals surface area (Å²) in [5, 5.41) is 2.09. The number of hydrogen-bond donors (Lipinski definition) is 0. The maximum absolute atomic E-state index is 6.09. The van der Waals surface area contributed by atoms with E-state index in [1.807, 2.05) is 7.05 Å². The highest BCUT2D eigenvalue weighted by Crippen LogP contribution is 2.63. The highest BCUT2D eigenvalue weighted by atomic mass is 127. The Bertz CT molecular complexity index is 1080. The van der Waals surface area contributed by atoms with Gasteiger partial charge in [-0.25, -0.2) is 9.63 Å². The van der Waals surface area contributed by atoms with E-state index in [1.165, 1.54) is 44.1 Å². The molecule has 2 saturated carbocycles. The maximum atomic E-state index is 6.09. The number of hydroxylamine groups is 1. The fourth-order valence-corrected chi connectivity index (χ4v) is 7.69. The molecule has 0 spiro atoms. The van der Waals surface area contributed by atoms with Crippen LogP contribution in [-0.4, -0.2) is 27.2 Å². The molecule has 0 unspecified atom stereocenters. The number of imidazole rings is 1. The van der Waals surface area contributed by atoms with Crippen molar-refractivity contribution >= 4 is 17.0 Å². The van der Waals surface area contributed by atoms with Crippen molar-refractivity contribution in [1.82, 2.24) is 14.5 Å². The molecule has 1 aliphatic heterocycles. The fraction of sp³-hybridized carbons (Fsp3) is 0.741. The number of halogens is 1. The molecular weight excluding hydrogens is 537 g/mol. The van der Waals surface area contributed by atoms with Crippen molar-refractivity contribution in [3.63, 3.8) is 0 Å². The van der Waals surface area contributed by atoms with Crippen molar-refractivity contribution < 1.29 is 33.4 Å². The van der Waals surface area contributed by atoms with Crippen LogP contribution in [0.2, 0.25) is 0 Å². The van der Waals surface area contributed by atoms with Gasteiger partial charge < -0.3 is 24.0 Å². The summed E-state index contributed by atoms with van der Waals surface area (Å²) in [6.45, 7) is 15.5. The molecular formula is C27H42IN5O. The standard InChI is InChI=1S/C27H42N5O.HI/c1-19-9-8-10-21-26(19,4)12-11-20(2)27(21,5)14-13-25(3)15-16-31-18-30(6)23-22(31)24(29-17-28-23)32(25)33-7;/h17-18,20-21H,1,8-16H2,2-7H3;1H/q+1;/p-1/t20-,21+,25+,26+,27+;/m1./s1. The van der Waals surface area contributed by atoms with Crippen molar-refractivity contribution in [3.8, 4) is 0 Å². The number of fused-ring (bicyclic) bond motifs is 1. The second kappa shape index (κ2) is 9.02. The van der Waals surface area contributed by atoms with Crippen LogP contribution in [0.25, 0.3) is 11.2 Å². The lowest BCUT2D eigenvalue weighted by Crippen LogP contribution is -3.00. The Labute approximate surface area is 222 Å². The van der Waals surface area contributed by atoms with Gasteiger partial charge in [-0.15, -0.1) is 0 Å². The third kappa shape index (κ3) is 3.71. The zero-order valence-corrected chi connectivity index (χ0v) is 24.1. The molecule has 7 heteroatoms. The van der Waals surface area contributed by atoms with Crippen molar-refractivity contribution in [3.05, 3.63) is 24.8 Å². The number of anilines is 1. The summed E-state index contributed by atoms with van der Waals surface area (Å²) >= 11 is 0. The maximum Gasteiger partial charge on any atom is 0.307 e. The molecule has 5 rings (SSSR count). The van der Waals surface area contributed by atoms with Crippen LogP contribution in [0.1, 0.15) is 79.1 Å². The van der Waals surface area contributed by atoms with E-state index in [0.29, 0.717) is 10.8 Å². The number of aromatic nitrogens is 4. The molecule has 2 aliphatic carbocycles. The minimum absolute atomic E-state index is 0. The van der Waals surface area contributed by atoms with E-state index in [9.17, 15) is 0 Å². The summed E-state index contributed by atoms with van der Waals surface area (Å²) in [4.78, 5) is 15.4. The lowest BCUT2D eigenvalue weighted by molar-refractivity contribution is -0.647. The van der Waals surface area contributed by atoms with Crippen LogP contribution in [0.5, 0.6) is 0 Å². The first-order chi connectivity index (χ1) is 15.6. The molecule has 6 nitrogen and oxygen atoms in total. The molecule has 0 bridgehead atoms. The fourth-order valence-electron chi connectivity index (χ4n) is 7.69. The smallest absolute Gasteiger partial charge is 0.307 e. The summed E-state index contributed by atoms with van der Waals surface area (Å²) < 4.78 is 4.38. The molecule has 3 heterocycles. The average molecular weight is 580 g/mol. The topological polar surface area (TPSA) is 47.1 Å². The number of aryl methyl sites for hydroxylation is 2. The van der Waals surface area contributed by atoms with Gasteiger partial charge in [-0.05, 0) is 74.5 Å². The average Bonchev–Trinajstić information content (AvgIpc) is 3.06. The SMILES string of the molecule is C=C1CCC[C@@H]2[C@@](C)(CC[C@@]3(C)CCn4c[n+](C)c5ncnc(c54)N3OC)[C@H](C)CC[C@@]12C.[I-]. The van der Waals surface area contributed by atoms with Crippen LogP contribution in [0.15, 0.2) is 24.8 Å². The van der Waals surface area contributed by atoms with E-state index in [-0.39, 0.29) is 29.5 Å². The lowest BCUT2D eigenvalue weighted by atomic mass is 9.46. The van der Waals surface area contributed by atoms with Gasteiger partial charge in [0.15, 0.2) is 12.7 Å². The molecule has 2 aromatic rings. The Hall–Kier alpha value is -1.22. The Morgan fingerprint density at radius 3 is 2.68 bits per heavy atom. The number of nitrogens with zero attached hydrogens (tertiary/aromatic N) is 5. The van der Waals surface area contributed by atoms with Crippen molar-refractivity contribution in [2.45, 2.75) is 91.1 Å². The Balaban J connectivity index is 0.00000274. The molecule has 0 saturated heterocycles. The van der Waals surface area contributed by atoms with Crippen molar-refractivity contribution in [2.75, 3.05) is 12.2 Å². The van der Waals surface area contributed by atoms with Crippen LogP contribution in [0.4, 0.5) is 5.82 Å². The number of hydrogen-bond acceptors (Lipinski definition) is 4. The Kier molecular flexibility index (Phi) is 6.86. The van der Waals surface area contributed by atoms with Crippen LogP contribution in [-0.2, 0) is 18.4 Å². The summed E-state index contributed by atoms with van der Waals surface area (Å²) in [6, 6.07) is 0. The van der Waals surface area contributed by atoms with Crippen LogP contribution in [0, 0.1) is 22.7 Å². The van der Waals surface area contributed by atoms with Gasteiger partial charge in [0.1, 0.15) is 0 Å². The van der Waals surface area contributed by atoms with Gasteiger partial charge in [0.2, 0.25) is 11.3 Å². The first-order valence-corrected chi connectivity index (χ1v) is 12.9. The van der Waals surface area contributed by atoms with Crippen LogP contribution >= 0.6 is 0 Å². The van der Waals surface area contributed by atoms with E-state index in [2.05, 4.69) is 59.8 Å². The first-order valence-electron chi connectivity index (χ1n) is 12.9. The molecule has 0 aromatic carbocycles. The van der Waals surface area contributed by atoms with E-state index in [1.54, 1.807) is 13.4 Å². The van der Waals surface area contributed by atoms with Crippen molar-refractivity contribution in [1.29, 1.82) is 0 Å². The molecule has 3 aliphatic rings. The van der Waals surface area contributed by atoms with Gasteiger partial charge in [-0.2, -0.15) is 4.98 Å². The molecule has 2 aromatic heterocycles. The normalized spacial score (nSPS) is 35.6. The van der Waals surface area contributed by atoms with Gasteiger partial charge >= 0.3 is 5.65 Å². The van der Waals surface area contributed by atoms with Gasteiger partial charge in [0.25, 0.3) is 0 Å². The molecule has 2 fully saturated rings. The lowest BCUT2D eigenvalue weighted by Gasteiger charge is -2.59. The van der Waals surface area contributed by atoms with E-state index in [0.717, 1.165) is 48.2 Å². The molecule has 188 valence electrons. The van der Waals surface area contributed by atoms with E-state index in [4.69, 9.17) is 9.82 Å². The molecule has 34 heavy (non-hydrogen) atoms. The van der Waals surface area contributed by atoms with Gasteiger partial charge in [0.05, 0.1) is 26.2 Å². The van der Waals surface area contributed by atoms with Gasteiger partial charge in [-0.3, -0.25) is 9.40 Å². The summed E-state index contributed by atoms with van der Waals surface area (Å²) in [5.41, 5.74) is 4.02. The van der Waals surface area contributed by atoms with Crippen LogP contribution < -0.4 is 33.6 Å². The predicted molar refractivity (Wildman–Crippen MR) is 132 cm³/mol. The van der Waals surface area contributed by atoms with E-state index >= 15 is 0 Å². The third-order valence-electron chi connectivity index (χ3n) is 10.2. The molecule has 0 radical (unpaired) electrons. The number of rotatable bonds is 4.